The molecule has 0 fully saturated rings. The van der Waals surface area contributed by atoms with Crippen molar-refractivity contribution >= 4 is 17.8 Å². The van der Waals surface area contributed by atoms with Crippen molar-refractivity contribution in [3.05, 3.63) is 20.8 Å². The molecule has 0 aliphatic rings. The van der Waals surface area contributed by atoms with Crippen LogP contribution in [0.4, 0.5) is 5.82 Å². The molecule has 0 unspecified atom stereocenters. The number of hydrogen-bond donors (Lipinski definition) is 2. The minimum absolute atomic E-state index is 0.408. The zero-order valence-corrected chi connectivity index (χ0v) is 10.2. The molecule has 0 saturated heterocycles. The van der Waals surface area contributed by atoms with Crippen LogP contribution in [0.1, 0.15) is 0 Å². The smallest absolute Gasteiger partial charge is 0.346 e. The van der Waals surface area contributed by atoms with Crippen LogP contribution in [0, 0.1) is 0 Å². The average molecular weight is 272 g/mol. The lowest BCUT2D eigenvalue weighted by molar-refractivity contribution is -0.136. The molecule has 0 amide bonds. The van der Waals surface area contributed by atoms with Gasteiger partial charge in [0.15, 0.2) is 0 Å². The number of rotatable bonds is 5. The highest BCUT2D eigenvalue weighted by atomic mass is 16.4. The predicted octanol–water partition coefficient (Wildman–Crippen LogP) is -2.55. The van der Waals surface area contributed by atoms with E-state index in [4.69, 9.17) is 10.2 Å². The van der Waals surface area contributed by atoms with Gasteiger partial charge in [0, 0.05) is 14.1 Å². The lowest BCUT2D eigenvalue weighted by atomic mass is 10.4. The SMILES string of the molecule is Cn1nc(N(CC(=O)O)CC(=O)O)c(=O)n(C)c1=O. The number of carboxylic acids is 2. The van der Waals surface area contributed by atoms with E-state index in [-0.39, 0.29) is 0 Å². The van der Waals surface area contributed by atoms with E-state index in [9.17, 15) is 19.2 Å². The van der Waals surface area contributed by atoms with Crippen molar-refractivity contribution in [2.75, 3.05) is 18.0 Å². The largest absolute Gasteiger partial charge is 0.480 e. The summed E-state index contributed by atoms with van der Waals surface area (Å²) in [6.07, 6.45) is 0. The van der Waals surface area contributed by atoms with Gasteiger partial charge in [0.2, 0.25) is 5.82 Å². The topological polar surface area (TPSA) is 135 Å². The van der Waals surface area contributed by atoms with Gasteiger partial charge in [-0.2, -0.15) is 0 Å². The minimum atomic E-state index is -1.32. The van der Waals surface area contributed by atoms with Crippen molar-refractivity contribution in [1.82, 2.24) is 14.3 Å². The fourth-order valence-electron chi connectivity index (χ4n) is 1.41. The summed E-state index contributed by atoms with van der Waals surface area (Å²) < 4.78 is 1.55. The van der Waals surface area contributed by atoms with Gasteiger partial charge in [-0.1, -0.05) is 0 Å². The number of carboxylic acid groups (broad SMARTS) is 2. The van der Waals surface area contributed by atoms with Crippen LogP contribution >= 0.6 is 0 Å². The minimum Gasteiger partial charge on any atom is -0.480 e. The van der Waals surface area contributed by atoms with Crippen molar-refractivity contribution < 1.29 is 19.8 Å². The highest BCUT2D eigenvalue weighted by Gasteiger charge is 2.20. The van der Waals surface area contributed by atoms with E-state index in [2.05, 4.69) is 5.10 Å². The van der Waals surface area contributed by atoms with Gasteiger partial charge < -0.3 is 15.1 Å². The van der Waals surface area contributed by atoms with Gasteiger partial charge in [0.25, 0.3) is 5.56 Å². The highest BCUT2D eigenvalue weighted by molar-refractivity contribution is 5.78. The van der Waals surface area contributed by atoms with E-state index in [0.29, 0.717) is 0 Å². The predicted molar refractivity (Wildman–Crippen MR) is 62.2 cm³/mol. The molecule has 1 rings (SSSR count). The Hall–Kier alpha value is -2.65. The van der Waals surface area contributed by atoms with Gasteiger partial charge in [-0.3, -0.25) is 19.0 Å². The van der Waals surface area contributed by atoms with E-state index >= 15 is 0 Å². The van der Waals surface area contributed by atoms with E-state index in [0.717, 1.165) is 14.1 Å². The summed E-state index contributed by atoms with van der Waals surface area (Å²) in [5.41, 5.74) is -1.55. The lowest BCUT2D eigenvalue weighted by Gasteiger charge is -2.19. The van der Waals surface area contributed by atoms with Gasteiger partial charge in [-0.15, -0.1) is 5.10 Å². The maximum atomic E-state index is 11.8. The van der Waals surface area contributed by atoms with Gasteiger partial charge in [0.1, 0.15) is 13.1 Å². The third-order valence-electron chi connectivity index (χ3n) is 2.26. The van der Waals surface area contributed by atoms with Crippen molar-refractivity contribution in [1.29, 1.82) is 0 Å². The molecule has 10 heteroatoms. The first-order valence-electron chi connectivity index (χ1n) is 5.07. The third-order valence-corrected chi connectivity index (χ3v) is 2.26. The second-order valence-electron chi connectivity index (χ2n) is 3.74. The Balaban J connectivity index is 3.38. The molecule has 1 aromatic rings. The number of aromatic nitrogens is 3. The summed E-state index contributed by atoms with van der Waals surface area (Å²) >= 11 is 0. The van der Waals surface area contributed by atoms with Crippen LogP contribution in [-0.4, -0.2) is 49.6 Å². The molecule has 19 heavy (non-hydrogen) atoms. The summed E-state index contributed by atoms with van der Waals surface area (Å²) in [7, 11) is 2.46. The first kappa shape index (κ1) is 14.4. The van der Waals surface area contributed by atoms with E-state index in [1.54, 1.807) is 0 Å². The molecule has 0 spiro atoms. The Morgan fingerprint density at radius 3 is 2.05 bits per heavy atom. The van der Waals surface area contributed by atoms with Crippen LogP contribution in [0.5, 0.6) is 0 Å². The molecule has 1 heterocycles. The Morgan fingerprint density at radius 2 is 1.63 bits per heavy atom. The van der Waals surface area contributed by atoms with Gasteiger partial charge >= 0.3 is 17.6 Å². The standard InChI is InChI=1S/C9H12N4O6/c1-11-8(18)7(10-12(2)9(11)19)13(3-5(14)15)4-6(16)17/h3-4H2,1-2H3,(H,14,15)(H,16,17). The lowest BCUT2D eigenvalue weighted by Crippen LogP contribution is -2.45. The summed E-state index contributed by atoms with van der Waals surface area (Å²) in [5, 5.41) is 21.0. The molecule has 1 aromatic heterocycles. The maximum absolute atomic E-state index is 11.8. The molecule has 0 atom stereocenters. The van der Waals surface area contributed by atoms with Gasteiger partial charge in [-0.05, 0) is 0 Å². The van der Waals surface area contributed by atoms with E-state index < -0.39 is 42.1 Å². The molecule has 0 aromatic carbocycles. The number of nitrogens with zero attached hydrogens (tertiary/aromatic N) is 4. The van der Waals surface area contributed by atoms with Crippen LogP contribution in [0.3, 0.4) is 0 Å². The molecule has 0 aliphatic heterocycles. The summed E-state index contributed by atoms with van der Waals surface area (Å²) in [6, 6.07) is 0. The Morgan fingerprint density at radius 1 is 1.16 bits per heavy atom. The van der Waals surface area contributed by atoms with E-state index in [1.807, 2.05) is 0 Å². The fraction of sp³-hybridized carbons (Fsp3) is 0.444. The molecule has 0 bridgehead atoms. The first-order chi connectivity index (χ1) is 8.73. The van der Waals surface area contributed by atoms with Crippen molar-refractivity contribution in [3.63, 3.8) is 0 Å². The third kappa shape index (κ3) is 3.18. The number of aliphatic carboxylic acids is 2. The molecule has 0 radical (unpaired) electrons. The number of anilines is 1. The zero-order valence-electron chi connectivity index (χ0n) is 10.2. The average Bonchev–Trinajstić information content (AvgIpc) is 2.29. The molecule has 10 nitrogen and oxygen atoms in total. The fourth-order valence-corrected chi connectivity index (χ4v) is 1.41. The molecular weight excluding hydrogens is 260 g/mol. The van der Waals surface area contributed by atoms with Crippen LogP contribution in [0.2, 0.25) is 0 Å². The second-order valence-corrected chi connectivity index (χ2v) is 3.74. The highest BCUT2D eigenvalue weighted by Crippen LogP contribution is 2.01. The zero-order chi connectivity index (χ0) is 14.7. The molecule has 2 N–H and O–H groups in total. The Labute approximate surface area is 106 Å². The summed E-state index contributed by atoms with van der Waals surface area (Å²) in [6.45, 7) is -1.43. The van der Waals surface area contributed by atoms with Crippen molar-refractivity contribution in [2.45, 2.75) is 0 Å². The molecule has 104 valence electrons. The number of aryl methyl sites for hydroxylation is 1. The Kier molecular flexibility index (Phi) is 4.04. The summed E-state index contributed by atoms with van der Waals surface area (Å²) in [4.78, 5) is 45.3. The number of carbonyl (C=O) groups is 2. The second kappa shape index (κ2) is 5.33. The monoisotopic (exact) mass is 272 g/mol. The van der Waals surface area contributed by atoms with Crippen LogP contribution < -0.4 is 16.1 Å². The maximum Gasteiger partial charge on any atom is 0.346 e. The van der Waals surface area contributed by atoms with Crippen LogP contribution in [0.15, 0.2) is 9.59 Å². The van der Waals surface area contributed by atoms with E-state index in [1.165, 1.54) is 14.1 Å². The van der Waals surface area contributed by atoms with Crippen LogP contribution in [0.25, 0.3) is 0 Å². The van der Waals surface area contributed by atoms with Crippen LogP contribution in [-0.2, 0) is 23.7 Å². The summed E-state index contributed by atoms with van der Waals surface area (Å²) in [5.74, 6) is -3.05. The quantitative estimate of drug-likeness (QED) is 0.598. The molecular formula is C9H12N4O6. The Bertz CT molecular complexity index is 615. The van der Waals surface area contributed by atoms with Crippen molar-refractivity contribution in [3.8, 4) is 0 Å². The molecule has 0 saturated carbocycles. The number of hydrogen-bond acceptors (Lipinski definition) is 6. The van der Waals surface area contributed by atoms with Crippen molar-refractivity contribution in [2.24, 2.45) is 14.1 Å². The van der Waals surface area contributed by atoms with Gasteiger partial charge in [0.05, 0.1) is 0 Å². The first-order valence-corrected chi connectivity index (χ1v) is 5.07. The van der Waals surface area contributed by atoms with Gasteiger partial charge in [-0.25, -0.2) is 9.48 Å². The molecule has 0 aliphatic carbocycles. The normalized spacial score (nSPS) is 10.2.